The van der Waals surface area contributed by atoms with Crippen molar-refractivity contribution in [2.75, 3.05) is 13.8 Å². The third-order valence-corrected chi connectivity index (χ3v) is 3.78. The van der Waals surface area contributed by atoms with Crippen molar-refractivity contribution in [2.45, 2.75) is 52.0 Å². The molecule has 0 N–H and O–H groups in total. The van der Waals surface area contributed by atoms with Crippen LogP contribution in [0.3, 0.4) is 0 Å². The second-order valence-corrected chi connectivity index (χ2v) is 5.60. The van der Waals surface area contributed by atoms with E-state index in [9.17, 15) is 4.79 Å². The molecule has 21 heavy (non-hydrogen) atoms. The van der Waals surface area contributed by atoms with Gasteiger partial charge in [-0.05, 0) is 24.1 Å². The van der Waals surface area contributed by atoms with Gasteiger partial charge in [0.1, 0.15) is 0 Å². The summed E-state index contributed by atoms with van der Waals surface area (Å²) in [7, 11) is 1.86. The van der Waals surface area contributed by atoms with Gasteiger partial charge in [-0.3, -0.25) is 4.79 Å². The van der Waals surface area contributed by atoms with Gasteiger partial charge in [0, 0.05) is 20.0 Å². The first-order chi connectivity index (χ1) is 10.2. The molecule has 0 aromatic heterocycles. The molecule has 0 saturated heterocycles. The molecule has 0 bridgehead atoms. The number of amides is 1. The number of hydrogen-bond donors (Lipinski definition) is 0. The molecule has 1 aromatic rings. The molecule has 116 valence electrons. The van der Waals surface area contributed by atoms with Crippen molar-refractivity contribution in [1.29, 1.82) is 0 Å². The maximum Gasteiger partial charge on any atom is 0.231 e. The Bertz CT molecular complexity index is 473. The highest BCUT2D eigenvalue weighted by Gasteiger charge is 2.15. The molecule has 0 aliphatic carbocycles. The lowest BCUT2D eigenvalue weighted by atomic mass is 10.1. The molecule has 0 unspecified atom stereocenters. The summed E-state index contributed by atoms with van der Waals surface area (Å²) in [4.78, 5) is 13.9. The van der Waals surface area contributed by atoms with Gasteiger partial charge < -0.3 is 14.4 Å². The van der Waals surface area contributed by atoms with E-state index in [2.05, 4.69) is 6.92 Å². The SMILES string of the molecule is CCCCCCCC(=O)N(C)Cc1ccc2c(c1)OCO2. The molecule has 0 spiro atoms. The standard InChI is InChI=1S/C17H25NO3/c1-3-4-5-6-7-8-17(19)18(2)12-14-9-10-15-16(11-14)21-13-20-15/h9-11H,3-8,12-13H2,1-2H3. The lowest BCUT2D eigenvalue weighted by Crippen LogP contribution is -2.25. The zero-order valence-corrected chi connectivity index (χ0v) is 13.1. The van der Waals surface area contributed by atoms with Crippen LogP contribution in [0.2, 0.25) is 0 Å². The Kier molecular flexibility index (Phi) is 5.90. The summed E-state index contributed by atoms with van der Waals surface area (Å²) in [5, 5.41) is 0. The van der Waals surface area contributed by atoms with Gasteiger partial charge in [0.15, 0.2) is 11.5 Å². The minimum absolute atomic E-state index is 0.212. The van der Waals surface area contributed by atoms with Gasteiger partial charge in [-0.1, -0.05) is 38.7 Å². The predicted molar refractivity (Wildman–Crippen MR) is 82.4 cm³/mol. The summed E-state index contributed by atoms with van der Waals surface area (Å²) in [6.45, 7) is 3.10. The highest BCUT2D eigenvalue weighted by Crippen LogP contribution is 2.32. The number of rotatable bonds is 8. The first-order valence-corrected chi connectivity index (χ1v) is 7.83. The molecule has 1 aromatic carbocycles. The van der Waals surface area contributed by atoms with Crippen LogP contribution in [0, 0.1) is 0 Å². The number of unbranched alkanes of at least 4 members (excludes halogenated alkanes) is 4. The molecule has 0 atom stereocenters. The van der Waals surface area contributed by atoms with E-state index >= 15 is 0 Å². The fourth-order valence-electron chi connectivity index (χ4n) is 2.47. The van der Waals surface area contributed by atoms with Crippen LogP contribution in [0.5, 0.6) is 11.5 Å². The number of ether oxygens (including phenoxy) is 2. The lowest BCUT2D eigenvalue weighted by Gasteiger charge is -2.17. The van der Waals surface area contributed by atoms with Crippen LogP contribution in [0.4, 0.5) is 0 Å². The van der Waals surface area contributed by atoms with Crippen LogP contribution in [0.1, 0.15) is 51.0 Å². The molecule has 0 saturated carbocycles. The highest BCUT2D eigenvalue weighted by molar-refractivity contribution is 5.75. The minimum atomic E-state index is 0.212. The van der Waals surface area contributed by atoms with Crippen molar-refractivity contribution < 1.29 is 14.3 Å². The molecule has 1 amide bonds. The second-order valence-electron chi connectivity index (χ2n) is 5.60. The number of nitrogens with zero attached hydrogens (tertiary/aromatic N) is 1. The van der Waals surface area contributed by atoms with Crippen LogP contribution in [-0.2, 0) is 11.3 Å². The first-order valence-electron chi connectivity index (χ1n) is 7.83. The third kappa shape index (κ3) is 4.66. The second kappa shape index (κ2) is 7.91. The summed E-state index contributed by atoms with van der Waals surface area (Å²) in [5.74, 6) is 1.76. The van der Waals surface area contributed by atoms with Gasteiger partial charge >= 0.3 is 0 Å². The van der Waals surface area contributed by atoms with E-state index < -0.39 is 0 Å². The summed E-state index contributed by atoms with van der Waals surface area (Å²) in [5.41, 5.74) is 1.07. The van der Waals surface area contributed by atoms with E-state index in [1.54, 1.807) is 4.90 Å². The van der Waals surface area contributed by atoms with Crippen LogP contribution < -0.4 is 9.47 Å². The Morgan fingerprint density at radius 1 is 1.14 bits per heavy atom. The summed E-state index contributed by atoms with van der Waals surface area (Å²) < 4.78 is 10.6. The molecule has 1 aliphatic heterocycles. The number of carbonyl (C=O) groups is 1. The third-order valence-electron chi connectivity index (χ3n) is 3.78. The van der Waals surface area contributed by atoms with Crippen LogP contribution >= 0.6 is 0 Å². The van der Waals surface area contributed by atoms with Gasteiger partial charge in [-0.2, -0.15) is 0 Å². The van der Waals surface area contributed by atoms with Crippen molar-refractivity contribution >= 4 is 5.91 Å². The first kappa shape index (κ1) is 15.7. The molecule has 4 nitrogen and oxygen atoms in total. The van der Waals surface area contributed by atoms with E-state index in [-0.39, 0.29) is 12.7 Å². The smallest absolute Gasteiger partial charge is 0.231 e. The predicted octanol–water partition coefficient (Wildman–Crippen LogP) is 3.73. The number of benzene rings is 1. The van der Waals surface area contributed by atoms with E-state index in [4.69, 9.17) is 9.47 Å². The minimum Gasteiger partial charge on any atom is -0.454 e. The summed E-state index contributed by atoms with van der Waals surface area (Å²) in [6, 6.07) is 5.84. The van der Waals surface area contributed by atoms with Crippen molar-refractivity contribution in [3.63, 3.8) is 0 Å². The van der Waals surface area contributed by atoms with E-state index in [0.717, 1.165) is 29.9 Å². The zero-order chi connectivity index (χ0) is 15.1. The van der Waals surface area contributed by atoms with Crippen molar-refractivity contribution in [2.24, 2.45) is 0 Å². The van der Waals surface area contributed by atoms with Gasteiger partial charge in [0.2, 0.25) is 12.7 Å². The fourth-order valence-corrected chi connectivity index (χ4v) is 2.47. The van der Waals surface area contributed by atoms with E-state index in [0.29, 0.717) is 13.0 Å². The molecule has 2 rings (SSSR count). The maximum atomic E-state index is 12.1. The Labute approximate surface area is 127 Å². The van der Waals surface area contributed by atoms with Crippen LogP contribution in [0.15, 0.2) is 18.2 Å². The van der Waals surface area contributed by atoms with Crippen LogP contribution in [-0.4, -0.2) is 24.6 Å². The molecule has 1 aliphatic rings. The molecular formula is C17H25NO3. The number of hydrogen-bond acceptors (Lipinski definition) is 3. The van der Waals surface area contributed by atoms with Gasteiger partial charge in [-0.25, -0.2) is 0 Å². The summed E-state index contributed by atoms with van der Waals surface area (Å²) in [6.07, 6.45) is 6.52. The largest absolute Gasteiger partial charge is 0.454 e. The topological polar surface area (TPSA) is 38.8 Å². The number of fused-ring (bicyclic) bond motifs is 1. The Balaban J connectivity index is 1.75. The van der Waals surface area contributed by atoms with Gasteiger partial charge in [0.25, 0.3) is 0 Å². The average molecular weight is 291 g/mol. The van der Waals surface area contributed by atoms with Crippen LogP contribution in [0.25, 0.3) is 0 Å². The van der Waals surface area contributed by atoms with E-state index in [1.807, 2.05) is 25.2 Å². The summed E-state index contributed by atoms with van der Waals surface area (Å²) >= 11 is 0. The van der Waals surface area contributed by atoms with Gasteiger partial charge in [0.05, 0.1) is 0 Å². The lowest BCUT2D eigenvalue weighted by molar-refractivity contribution is -0.130. The van der Waals surface area contributed by atoms with Gasteiger partial charge in [-0.15, -0.1) is 0 Å². The Morgan fingerprint density at radius 3 is 2.71 bits per heavy atom. The molecule has 0 fully saturated rings. The highest BCUT2D eigenvalue weighted by atomic mass is 16.7. The quantitative estimate of drug-likeness (QED) is 0.685. The monoisotopic (exact) mass is 291 g/mol. The Hall–Kier alpha value is -1.71. The zero-order valence-electron chi connectivity index (χ0n) is 13.1. The van der Waals surface area contributed by atoms with Crippen molar-refractivity contribution in [3.8, 4) is 11.5 Å². The Morgan fingerprint density at radius 2 is 1.90 bits per heavy atom. The molecule has 4 heteroatoms. The fraction of sp³-hybridized carbons (Fsp3) is 0.588. The normalized spacial score (nSPS) is 12.5. The van der Waals surface area contributed by atoms with E-state index in [1.165, 1.54) is 19.3 Å². The average Bonchev–Trinajstić information content (AvgIpc) is 2.94. The van der Waals surface area contributed by atoms with Crippen molar-refractivity contribution in [3.05, 3.63) is 23.8 Å². The molecular weight excluding hydrogens is 266 g/mol. The maximum absolute atomic E-state index is 12.1. The number of carbonyl (C=O) groups excluding carboxylic acids is 1. The van der Waals surface area contributed by atoms with Crippen molar-refractivity contribution in [1.82, 2.24) is 4.90 Å². The molecule has 0 radical (unpaired) electrons. The molecule has 1 heterocycles.